The summed E-state index contributed by atoms with van der Waals surface area (Å²) in [5.74, 6) is -0.841. The summed E-state index contributed by atoms with van der Waals surface area (Å²) in [6.07, 6.45) is -0.324. The van der Waals surface area contributed by atoms with Crippen LogP contribution < -0.4 is 15.6 Å². The average molecular weight is 409 g/mol. The van der Waals surface area contributed by atoms with E-state index < -0.39 is 11.9 Å². The number of nitrogens with one attached hydrogen (secondary N) is 1. The van der Waals surface area contributed by atoms with Gasteiger partial charge in [-0.1, -0.05) is 42.0 Å². The quantitative estimate of drug-likeness (QED) is 0.579. The molecule has 0 aliphatic heterocycles. The summed E-state index contributed by atoms with van der Waals surface area (Å²) in [5, 5.41) is 7.15. The smallest absolute Gasteiger partial charge is 0.266 e. The number of para-hydroxylation sites is 1. The van der Waals surface area contributed by atoms with E-state index in [0.717, 1.165) is 11.1 Å². The molecule has 0 unspecified atom stereocenters. The van der Waals surface area contributed by atoms with E-state index in [1.807, 2.05) is 31.2 Å². The van der Waals surface area contributed by atoms with Gasteiger partial charge in [0, 0.05) is 24.7 Å². The summed E-state index contributed by atoms with van der Waals surface area (Å²) in [7, 11) is 0. The van der Waals surface area contributed by atoms with Crippen molar-refractivity contribution in [2.24, 2.45) is 0 Å². The van der Waals surface area contributed by atoms with Crippen LogP contribution in [0.4, 0.5) is 4.39 Å². The third-order valence-corrected chi connectivity index (χ3v) is 4.57. The number of carbonyl (C=O) groups is 1. The molecule has 0 aliphatic rings. The zero-order chi connectivity index (χ0) is 21.5. The molecule has 2 aromatic carbocycles. The van der Waals surface area contributed by atoms with E-state index in [0.29, 0.717) is 25.2 Å². The second-order valence-electron chi connectivity index (χ2n) is 6.98. The monoisotopic (exact) mass is 409 g/mol. The highest BCUT2D eigenvalue weighted by atomic mass is 19.1. The predicted octanol–water partition coefficient (Wildman–Crippen LogP) is 3.33. The largest absolute Gasteiger partial charge is 0.478 e. The highest BCUT2D eigenvalue weighted by molar-refractivity contribution is 5.80. The zero-order valence-corrected chi connectivity index (χ0v) is 17.0. The van der Waals surface area contributed by atoms with Crippen LogP contribution in [0.2, 0.25) is 0 Å². The van der Waals surface area contributed by atoms with Gasteiger partial charge in [-0.25, -0.2) is 9.07 Å². The van der Waals surface area contributed by atoms with Gasteiger partial charge in [0.1, 0.15) is 0 Å². The summed E-state index contributed by atoms with van der Waals surface area (Å²) in [6.45, 7) is 4.27. The molecule has 1 N–H and O–H groups in total. The van der Waals surface area contributed by atoms with Crippen LogP contribution in [-0.2, 0) is 11.3 Å². The molecule has 0 fully saturated rings. The Labute approximate surface area is 174 Å². The standard InChI is InChI=1S/C23H24FN3O3/c1-16-8-10-18(11-9-16)20-12-13-22(28)27(26-20)15-5-14-25-23(29)17(2)30-21-7-4-3-6-19(21)24/h3-4,6-13,17H,5,14-15H2,1-2H3,(H,25,29)/t17-/m0/s1. The van der Waals surface area contributed by atoms with Crippen molar-refractivity contribution in [1.29, 1.82) is 0 Å². The molecule has 1 aromatic heterocycles. The van der Waals surface area contributed by atoms with E-state index in [9.17, 15) is 14.0 Å². The Morgan fingerprint density at radius 3 is 2.60 bits per heavy atom. The number of rotatable bonds is 8. The van der Waals surface area contributed by atoms with E-state index in [1.165, 1.54) is 22.9 Å². The van der Waals surface area contributed by atoms with Crippen molar-refractivity contribution in [3.05, 3.63) is 82.4 Å². The topological polar surface area (TPSA) is 73.2 Å². The van der Waals surface area contributed by atoms with Crippen molar-refractivity contribution in [2.75, 3.05) is 6.54 Å². The van der Waals surface area contributed by atoms with Gasteiger partial charge >= 0.3 is 0 Å². The molecule has 3 aromatic rings. The first kappa shape index (κ1) is 21.2. The Hall–Kier alpha value is -3.48. The van der Waals surface area contributed by atoms with Gasteiger partial charge in [0.2, 0.25) is 0 Å². The van der Waals surface area contributed by atoms with Crippen molar-refractivity contribution < 1.29 is 13.9 Å². The molecular weight excluding hydrogens is 385 g/mol. The summed E-state index contributed by atoms with van der Waals surface area (Å²) in [4.78, 5) is 24.2. The van der Waals surface area contributed by atoms with Gasteiger partial charge in [-0.3, -0.25) is 9.59 Å². The SMILES string of the molecule is Cc1ccc(-c2ccc(=O)n(CCCNC(=O)[C@H](C)Oc3ccccc3F)n2)cc1. The Balaban J connectivity index is 1.52. The number of amides is 1. The minimum Gasteiger partial charge on any atom is -0.478 e. The van der Waals surface area contributed by atoms with Crippen LogP contribution in [-0.4, -0.2) is 28.3 Å². The molecule has 7 heteroatoms. The van der Waals surface area contributed by atoms with Crippen molar-refractivity contribution in [2.45, 2.75) is 32.9 Å². The molecule has 0 saturated heterocycles. The van der Waals surface area contributed by atoms with E-state index in [4.69, 9.17) is 4.74 Å². The lowest BCUT2D eigenvalue weighted by Crippen LogP contribution is -2.37. The second kappa shape index (κ2) is 9.82. The number of hydrogen-bond acceptors (Lipinski definition) is 4. The van der Waals surface area contributed by atoms with Gasteiger partial charge in [-0.05, 0) is 38.5 Å². The van der Waals surface area contributed by atoms with Crippen molar-refractivity contribution in [3.63, 3.8) is 0 Å². The Morgan fingerprint density at radius 2 is 1.87 bits per heavy atom. The molecule has 6 nitrogen and oxygen atoms in total. The number of aromatic nitrogens is 2. The highest BCUT2D eigenvalue weighted by Gasteiger charge is 2.15. The third-order valence-electron chi connectivity index (χ3n) is 4.57. The van der Waals surface area contributed by atoms with Crippen LogP contribution in [0.15, 0.2) is 65.5 Å². The maximum Gasteiger partial charge on any atom is 0.266 e. The molecule has 30 heavy (non-hydrogen) atoms. The Morgan fingerprint density at radius 1 is 1.13 bits per heavy atom. The fourth-order valence-electron chi connectivity index (χ4n) is 2.86. The van der Waals surface area contributed by atoms with Crippen molar-refractivity contribution in [3.8, 4) is 17.0 Å². The van der Waals surface area contributed by atoms with Crippen LogP contribution in [0.5, 0.6) is 5.75 Å². The number of aryl methyl sites for hydroxylation is 2. The lowest BCUT2D eigenvalue weighted by molar-refractivity contribution is -0.127. The fourth-order valence-corrected chi connectivity index (χ4v) is 2.86. The molecule has 156 valence electrons. The van der Waals surface area contributed by atoms with Crippen LogP contribution in [0.25, 0.3) is 11.3 Å². The van der Waals surface area contributed by atoms with Crippen LogP contribution in [0, 0.1) is 12.7 Å². The van der Waals surface area contributed by atoms with Gasteiger partial charge in [0.15, 0.2) is 17.7 Å². The summed E-state index contributed by atoms with van der Waals surface area (Å²) in [5.41, 5.74) is 2.59. The molecule has 0 radical (unpaired) electrons. The number of carbonyl (C=O) groups excluding carboxylic acids is 1. The minimum absolute atomic E-state index is 0.0313. The molecular formula is C23H24FN3O3. The summed E-state index contributed by atoms with van der Waals surface area (Å²) >= 11 is 0. The number of halogens is 1. The first-order chi connectivity index (χ1) is 14.4. The van der Waals surface area contributed by atoms with Crippen LogP contribution in [0.3, 0.4) is 0 Å². The van der Waals surface area contributed by atoms with Crippen LogP contribution >= 0.6 is 0 Å². The average Bonchev–Trinajstić information content (AvgIpc) is 2.74. The Kier molecular flexibility index (Phi) is 6.95. The number of nitrogens with zero attached hydrogens (tertiary/aromatic N) is 2. The molecule has 0 bridgehead atoms. The minimum atomic E-state index is -0.840. The molecule has 0 aliphatic carbocycles. The van der Waals surface area contributed by atoms with Gasteiger partial charge < -0.3 is 10.1 Å². The normalized spacial score (nSPS) is 11.7. The number of hydrogen-bond donors (Lipinski definition) is 1. The van der Waals surface area contributed by atoms with Gasteiger partial charge in [0.05, 0.1) is 5.69 Å². The molecule has 0 spiro atoms. The van der Waals surface area contributed by atoms with E-state index in [-0.39, 0.29) is 17.2 Å². The maximum absolute atomic E-state index is 13.6. The second-order valence-corrected chi connectivity index (χ2v) is 6.98. The fraction of sp³-hybridized carbons (Fsp3) is 0.261. The molecule has 3 rings (SSSR count). The molecule has 1 heterocycles. The van der Waals surface area contributed by atoms with Crippen LogP contribution in [0.1, 0.15) is 18.9 Å². The van der Waals surface area contributed by atoms with Crippen molar-refractivity contribution in [1.82, 2.24) is 15.1 Å². The molecule has 1 atom stereocenters. The number of ether oxygens (including phenoxy) is 1. The molecule has 0 saturated carbocycles. The van der Waals surface area contributed by atoms with Gasteiger partial charge in [-0.2, -0.15) is 5.10 Å². The number of benzene rings is 2. The summed E-state index contributed by atoms with van der Waals surface area (Å²) in [6, 6.07) is 17.0. The lowest BCUT2D eigenvalue weighted by Gasteiger charge is -2.15. The van der Waals surface area contributed by atoms with E-state index in [1.54, 1.807) is 25.1 Å². The Bertz CT molecular complexity index is 1060. The third kappa shape index (κ3) is 5.53. The van der Waals surface area contributed by atoms with Crippen molar-refractivity contribution >= 4 is 5.91 Å². The highest BCUT2D eigenvalue weighted by Crippen LogP contribution is 2.17. The summed E-state index contributed by atoms with van der Waals surface area (Å²) < 4.78 is 20.4. The van der Waals surface area contributed by atoms with E-state index >= 15 is 0 Å². The lowest BCUT2D eigenvalue weighted by atomic mass is 10.1. The van der Waals surface area contributed by atoms with Gasteiger partial charge in [0.25, 0.3) is 11.5 Å². The maximum atomic E-state index is 13.6. The zero-order valence-electron chi connectivity index (χ0n) is 17.0. The predicted molar refractivity (Wildman–Crippen MR) is 113 cm³/mol. The van der Waals surface area contributed by atoms with Gasteiger partial charge in [-0.15, -0.1) is 0 Å². The first-order valence-corrected chi connectivity index (χ1v) is 9.78. The first-order valence-electron chi connectivity index (χ1n) is 9.78. The molecule has 1 amide bonds. The van der Waals surface area contributed by atoms with E-state index in [2.05, 4.69) is 10.4 Å².